The standard InChI is InChI=1S/C24H30N6O/c1-3-23-29-28-17-30(23)13-12-26-24(25-2)27-16-18-6-8-19(9-7-18)20-10-11-22-21(15-20)5-4-14-31-22/h6-11,15,17H,3-5,12-14,16H2,1-2H3,(H2,25,26,27). The summed E-state index contributed by atoms with van der Waals surface area (Å²) in [6, 6.07) is 15.2. The van der Waals surface area contributed by atoms with Gasteiger partial charge in [0.15, 0.2) is 5.96 Å². The number of aromatic nitrogens is 3. The van der Waals surface area contributed by atoms with Crippen LogP contribution in [0.3, 0.4) is 0 Å². The third-order valence-electron chi connectivity index (χ3n) is 5.54. The number of hydrogen-bond acceptors (Lipinski definition) is 4. The van der Waals surface area contributed by atoms with Crippen LogP contribution in [0.15, 0.2) is 53.8 Å². The molecular weight excluding hydrogens is 388 g/mol. The van der Waals surface area contributed by atoms with Gasteiger partial charge in [0.25, 0.3) is 0 Å². The first kappa shape index (κ1) is 20.9. The molecule has 2 heterocycles. The third-order valence-corrected chi connectivity index (χ3v) is 5.54. The number of guanidine groups is 1. The highest BCUT2D eigenvalue weighted by Crippen LogP contribution is 2.30. The van der Waals surface area contributed by atoms with E-state index in [1.807, 2.05) is 0 Å². The summed E-state index contributed by atoms with van der Waals surface area (Å²) in [5.41, 5.74) is 4.98. The monoisotopic (exact) mass is 418 g/mol. The molecule has 2 N–H and O–H groups in total. The molecule has 2 aromatic carbocycles. The fraction of sp³-hybridized carbons (Fsp3) is 0.375. The van der Waals surface area contributed by atoms with Crippen molar-refractivity contribution in [3.63, 3.8) is 0 Å². The summed E-state index contributed by atoms with van der Waals surface area (Å²) in [4.78, 5) is 4.31. The minimum Gasteiger partial charge on any atom is -0.493 e. The van der Waals surface area contributed by atoms with E-state index in [9.17, 15) is 0 Å². The number of hydrogen-bond donors (Lipinski definition) is 2. The van der Waals surface area contributed by atoms with Crippen molar-refractivity contribution in [2.45, 2.75) is 39.3 Å². The largest absolute Gasteiger partial charge is 0.493 e. The van der Waals surface area contributed by atoms with Crippen molar-refractivity contribution in [3.8, 4) is 16.9 Å². The molecule has 1 aliphatic rings. The van der Waals surface area contributed by atoms with Crippen LogP contribution < -0.4 is 15.4 Å². The summed E-state index contributed by atoms with van der Waals surface area (Å²) >= 11 is 0. The Labute approximate surface area is 183 Å². The average molecular weight is 419 g/mol. The Morgan fingerprint density at radius 3 is 2.77 bits per heavy atom. The summed E-state index contributed by atoms with van der Waals surface area (Å²) in [5, 5.41) is 14.8. The average Bonchev–Trinajstić information content (AvgIpc) is 3.29. The molecule has 1 aliphatic heterocycles. The second kappa shape index (κ2) is 10.1. The van der Waals surface area contributed by atoms with E-state index in [1.165, 1.54) is 22.3 Å². The van der Waals surface area contributed by atoms with Crippen LogP contribution in [-0.4, -0.2) is 40.9 Å². The van der Waals surface area contributed by atoms with Gasteiger partial charge in [-0.3, -0.25) is 4.99 Å². The van der Waals surface area contributed by atoms with Gasteiger partial charge >= 0.3 is 0 Å². The van der Waals surface area contributed by atoms with Crippen LogP contribution in [0.1, 0.15) is 30.3 Å². The van der Waals surface area contributed by atoms with Crippen LogP contribution in [0, 0.1) is 0 Å². The molecule has 7 heteroatoms. The molecule has 7 nitrogen and oxygen atoms in total. The maximum atomic E-state index is 5.73. The van der Waals surface area contributed by atoms with Gasteiger partial charge in [-0.25, -0.2) is 0 Å². The molecule has 1 aromatic heterocycles. The number of nitrogens with zero attached hydrogens (tertiary/aromatic N) is 4. The molecule has 0 aliphatic carbocycles. The van der Waals surface area contributed by atoms with Gasteiger partial charge in [0.1, 0.15) is 17.9 Å². The Bertz CT molecular complexity index is 1020. The van der Waals surface area contributed by atoms with E-state index >= 15 is 0 Å². The van der Waals surface area contributed by atoms with E-state index < -0.39 is 0 Å². The molecule has 0 unspecified atom stereocenters. The third kappa shape index (κ3) is 5.23. The van der Waals surface area contributed by atoms with Gasteiger partial charge in [-0.05, 0) is 47.2 Å². The van der Waals surface area contributed by atoms with Crippen molar-refractivity contribution >= 4 is 5.96 Å². The quantitative estimate of drug-likeness (QED) is 0.455. The van der Waals surface area contributed by atoms with Gasteiger partial charge in [0, 0.05) is 33.1 Å². The lowest BCUT2D eigenvalue weighted by molar-refractivity contribution is 0.288. The predicted molar refractivity (Wildman–Crippen MR) is 123 cm³/mol. The molecule has 0 spiro atoms. The van der Waals surface area contributed by atoms with Gasteiger partial charge in [0.2, 0.25) is 0 Å². The highest BCUT2D eigenvalue weighted by molar-refractivity contribution is 5.79. The molecule has 4 rings (SSSR count). The lowest BCUT2D eigenvalue weighted by atomic mass is 9.98. The zero-order chi connectivity index (χ0) is 21.5. The fourth-order valence-electron chi connectivity index (χ4n) is 3.80. The maximum absolute atomic E-state index is 5.73. The smallest absolute Gasteiger partial charge is 0.191 e. The van der Waals surface area contributed by atoms with Gasteiger partial charge in [0.05, 0.1) is 6.61 Å². The first-order chi connectivity index (χ1) is 15.3. The van der Waals surface area contributed by atoms with Crippen molar-refractivity contribution in [1.29, 1.82) is 0 Å². The number of rotatable bonds is 7. The Balaban J connectivity index is 1.29. The maximum Gasteiger partial charge on any atom is 0.191 e. The molecule has 0 bridgehead atoms. The number of ether oxygens (including phenoxy) is 1. The molecule has 31 heavy (non-hydrogen) atoms. The van der Waals surface area contributed by atoms with E-state index in [0.29, 0.717) is 6.54 Å². The van der Waals surface area contributed by atoms with E-state index in [-0.39, 0.29) is 0 Å². The van der Waals surface area contributed by atoms with Crippen molar-refractivity contribution < 1.29 is 4.74 Å². The van der Waals surface area contributed by atoms with Crippen molar-refractivity contribution in [2.24, 2.45) is 4.99 Å². The lowest BCUT2D eigenvalue weighted by Gasteiger charge is -2.18. The fourth-order valence-corrected chi connectivity index (χ4v) is 3.80. The second-order valence-corrected chi connectivity index (χ2v) is 7.62. The van der Waals surface area contributed by atoms with E-state index in [2.05, 4.69) is 79.8 Å². The topological polar surface area (TPSA) is 76.4 Å². The predicted octanol–water partition coefficient (Wildman–Crippen LogP) is 3.20. The van der Waals surface area contributed by atoms with Gasteiger partial charge in [-0.1, -0.05) is 37.3 Å². The summed E-state index contributed by atoms with van der Waals surface area (Å²) in [5.74, 6) is 2.81. The van der Waals surface area contributed by atoms with Crippen molar-refractivity contribution in [1.82, 2.24) is 25.4 Å². The summed E-state index contributed by atoms with van der Waals surface area (Å²) < 4.78 is 7.79. The number of nitrogens with one attached hydrogen (secondary N) is 2. The van der Waals surface area contributed by atoms with E-state index in [4.69, 9.17) is 4.74 Å². The Morgan fingerprint density at radius 1 is 1.13 bits per heavy atom. The molecule has 3 aromatic rings. The Hall–Kier alpha value is -3.35. The summed E-state index contributed by atoms with van der Waals surface area (Å²) in [7, 11) is 1.79. The van der Waals surface area contributed by atoms with Crippen molar-refractivity contribution in [2.75, 3.05) is 20.2 Å². The van der Waals surface area contributed by atoms with Crippen LogP contribution in [0.2, 0.25) is 0 Å². The minimum atomic E-state index is 0.713. The normalized spacial score (nSPS) is 13.4. The number of benzene rings is 2. The van der Waals surface area contributed by atoms with Crippen LogP contribution in [-0.2, 0) is 25.9 Å². The van der Waals surface area contributed by atoms with Crippen LogP contribution in [0.4, 0.5) is 0 Å². The number of aryl methyl sites for hydroxylation is 2. The van der Waals surface area contributed by atoms with Crippen LogP contribution in [0.5, 0.6) is 5.75 Å². The second-order valence-electron chi connectivity index (χ2n) is 7.62. The van der Waals surface area contributed by atoms with E-state index in [1.54, 1.807) is 13.4 Å². The van der Waals surface area contributed by atoms with Crippen LogP contribution in [0.25, 0.3) is 11.1 Å². The van der Waals surface area contributed by atoms with Gasteiger partial charge in [-0.2, -0.15) is 0 Å². The number of fused-ring (bicyclic) bond motifs is 1. The van der Waals surface area contributed by atoms with Gasteiger partial charge < -0.3 is 19.9 Å². The minimum absolute atomic E-state index is 0.713. The molecule has 0 radical (unpaired) electrons. The first-order valence-corrected chi connectivity index (χ1v) is 10.9. The highest BCUT2D eigenvalue weighted by Gasteiger charge is 2.11. The highest BCUT2D eigenvalue weighted by atomic mass is 16.5. The molecular formula is C24H30N6O. The first-order valence-electron chi connectivity index (χ1n) is 10.9. The summed E-state index contributed by atoms with van der Waals surface area (Å²) in [6.45, 7) is 5.18. The zero-order valence-corrected chi connectivity index (χ0v) is 18.3. The zero-order valence-electron chi connectivity index (χ0n) is 18.3. The van der Waals surface area contributed by atoms with Crippen molar-refractivity contribution in [3.05, 3.63) is 65.7 Å². The Kier molecular flexibility index (Phi) is 6.82. The molecule has 162 valence electrons. The van der Waals surface area contributed by atoms with Crippen LogP contribution >= 0.6 is 0 Å². The van der Waals surface area contributed by atoms with E-state index in [0.717, 1.165) is 56.5 Å². The molecule has 0 fully saturated rings. The molecule has 0 saturated heterocycles. The summed E-state index contributed by atoms with van der Waals surface area (Å²) in [6.07, 6.45) is 4.83. The molecule has 0 saturated carbocycles. The lowest BCUT2D eigenvalue weighted by Crippen LogP contribution is -2.38. The Morgan fingerprint density at radius 2 is 1.97 bits per heavy atom. The van der Waals surface area contributed by atoms with Gasteiger partial charge in [-0.15, -0.1) is 10.2 Å². The molecule has 0 atom stereocenters. The SMILES string of the molecule is CCc1nncn1CCNC(=NC)NCc1ccc(-c2ccc3c(c2)CCCO3)cc1. The molecule has 0 amide bonds. The number of aliphatic imine (C=N–C) groups is 1.